The van der Waals surface area contributed by atoms with E-state index in [1.165, 1.54) is 18.2 Å². The fourth-order valence-electron chi connectivity index (χ4n) is 1.64. The van der Waals surface area contributed by atoms with Gasteiger partial charge in [-0.15, -0.1) is 0 Å². The maximum atomic E-state index is 13.6. The first-order valence-corrected chi connectivity index (χ1v) is 5.51. The van der Waals surface area contributed by atoms with Gasteiger partial charge >= 0.3 is 0 Å². The average Bonchev–Trinajstić information content (AvgIpc) is 2.32. The number of rotatable bonds is 2. The Morgan fingerprint density at radius 3 is 2.35 bits per heavy atom. The Morgan fingerprint density at radius 1 is 1.06 bits per heavy atom. The summed E-state index contributed by atoms with van der Waals surface area (Å²) in [5, 5.41) is 0.465. The lowest BCUT2D eigenvalue weighted by Crippen LogP contribution is -2.13. The van der Waals surface area contributed by atoms with Gasteiger partial charge in [0.2, 0.25) is 0 Å². The molecule has 2 nitrogen and oxygen atoms in total. The second-order valence-electron chi connectivity index (χ2n) is 3.81. The Bertz CT molecular complexity index is 525. The molecular weight excluding hydrogens is 239 g/mol. The Balaban J connectivity index is 2.39. The van der Waals surface area contributed by atoms with Gasteiger partial charge < -0.3 is 11.5 Å². The molecule has 0 saturated carbocycles. The van der Waals surface area contributed by atoms with E-state index < -0.39 is 6.04 Å². The SMILES string of the molecule is Nc1ccc(C(N)c2cc(Cl)ccc2F)cc1. The Morgan fingerprint density at radius 2 is 1.71 bits per heavy atom. The van der Waals surface area contributed by atoms with E-state index in [2.05, 4.69) is 0 Å². The highest BCUT2D eigenvalue weighted by Crippen LogP contribution is 2.25. The molecule has 0 aliphatic heterocycles. The molecule has 4 heteroatoms. The molecule has 0 amide bonds. The summed E-state index contributed by atoms with van der Waals surface area (Å²) in [6.07, 6.45) is 0. The minimum absolute atomic E-state index is 0.362. The number of hydrogen-bond acceptors (Lipinski definition) is 2. The molecule has 1 unspecified atom stereocenters. The zero-order valence-electron chi connectivity index (χ0n) is 9.03. The molecule has 2 aromatic carbocycles. The van der Waals surface area contributed by atoms with Crippen LogP contribution in [0.4, 0.5) is 10.1 Å². The van der Waals surface area contributed by atoms with Gasteiger partial charge in [-0.1, -0.05) is 23.7 Å². The van der Waals surface area contributed by atoms with Gasteiger partial charge in [-0.2, -0.15) is 0 Å². The van der Waals surface area contributed by atoms with E-state index in [1.54, 1.807) is 24.3 Å². The molecule has 0 bridgehead atoms. The highest BCUT2D eigenvalue weighted by atomic mass is 35.5. The number of anilines is 1. The quantitative estimate of drug-likeness (QED) is 0.805. The highest BCUT2D eigenvalue weighted by molar-refractivity contribution is 6.30. The van der Waals surface area contributed by atoms with Crippen LogP contribution in [0, 0.1) is 5.82 Å². The van der Waals surface area contributed by atoms with Crippen molar-refractivity contribution in [3.05, 3.63) is 64.4 Å². The second-order valence-corrected chi connectivity index (χ2v) is 4.25. The summed E-state index contributed by atoms with van der Waals surface area (Å²) in [5.74, 6) is -0.362. The third kappa shape index (κ3) is 2.57. The van der Waals surface area contributed by atoms with Crippen molar-refractivity contribution in [2.75, 3.05) is 5.73 Å². The molecule has 4 N–H and O–H groups in total. The number of nitrogen functional groups attached to an aromatic ring is 1. The van der Waals surface area contributed by atoms with E-state index in [4.69, 9.17) is 23.1 Å². The van der Waals surface area contributed by atoms with Crippen molar-refractivity contribution >= 4 is 17.3 Å². The standard InChI is InChI=1S/C13H12ClFN2/c14-9-3-6-12(15)11(7-9)13(17)8-1-4-10(16)5-2-8/h1-7,13H,16-17H2. The molecule has 0 saturated heterocycles. The summed E-state index contributed by atoms with van der Waals surface area (Å²) in [6.45, 7) is 0. The largest absolute Gasteiger partial charge is 0.399 e. The van der Waals surface area contributed by atoms with Gasteiger partial charge in [-0.3, -0.25) is 0 Å². The summed E-state index contributed by atoms with van der Waals surface area (Å²) in [5.41, 5.74) is 13.4. The van der Waals surface area contributed by atoms with Crippen LogP contribution in [0.25, 0.3) is 0 Å². The second kappa shape index (κ2) is 4.73. The average molecular weight is 251 g/mol. The fourth-order valence-corrected chi connectivity index (χ4v) is 1.82. The van der Waals surface area contributed by atoms with Gasteiger partial charge in [0, 0.05) is 16.3 Å². The predicted octanol–water partition coefficient (Wildman–Crippen LogP) is 3.11. The van der Waals surface area contributed by atoms with Crippen LogP contribution in [-0.4, -0.2) is 0 Å². The van der Waals surface area contributed by atoms with Gasteiger partial charge in [0.15, 0.2) is 0 Å². The first-order chi connectivity index (χ1) is 8.08. The molecule has 0 fully saturated rings. The van der Waals surface area contributed by atoms with E-state index in [0.717, 1.165) is 5.56 Å². The van der Waals surface area contributed by atoms with Gasteiger partial charge in [-0.25, -0.2) is 4.39 Å². The normalized spacial score (nSPS) is 12.4. The van der Waals surface area contributed by atoms with Gasteiger partial charge in [0.25, 0.3) is 0 Å². The fraction of sp³-hybridized carbons (Fsp3) is 0.0769. The van der Waals surface area contributed by atoms with Crippen LogP contribution >= 0.6 is 11.6 Å². The Kier molecular flexibility index (Phi) is 3.31. The lowest BCUT2D eigenvalue weighted by Gasteiger charge is -2.14. The van der Waals surface area contributed by atoms with Crippen molar-refractivity contribution in [3.8, 4) is 0 Å². The summed E-state index contributed by atoms with van der Waals surface area (Å²) in [4.78, 5) is 0. The molecule has 0 aliphatic rings. The van der Waals surface area contributed by atoms with Crippen LogP contribution in [0.1, 0.15) is 17.2 Å². The lowest BCUT2D eigenvalue weighted by atomic mass is 9.99. The number of nitrogens with two attached hydrogens (primary N) is 2. The molecule has 2 aromatic rings. The number of benzene rings is 2. The van der Waals surface area contributed by atoms with Gasteiger partial charge in [-0.05, 0) is 35.9 Å². The summed E-state index contributed by atoms with van der Waals surface area (Å²) in [6, 6.07) is 10.8. The maximum absolute atomic E-state index is 13.6. The van der Waals surface area contributed by atoms with E-state index in [-0.39, 0.29) is 5.82 Å². The van der Waals surface area contributed by atoms with E-state index in [0.29, 0.717) is 16.3 Å². The van der Waals surface area contributed by atoms with Crippen LogP contribution in [0.2, 0.25) is 5.02 Å². The van der Waals surface area contributed by atoms with Crippen LogP contribution in [0.5, 0.6) is 0 Å². The third-order valence-electron chi connectivity index (χ3n) is 2.59. The first-order valence-electron chi connectivity index (χ1n) is 5.14. The molecule has 17 heavy (non-hydrogen) atoms. The van der Waals surface area contributed by atoms with Crippen LogP contribution in [-0.2, 0) is 0 Å². The van der Waals surface area contributed by atoms with Crippen molar-refractivity contribution in [2.24, 2.45) is 5.73 Å². The van der Waals surface area contributed by atoms with Crippen molar-refractivity contribution in [1.82, 2.24) is 0 Å². The minimum Gasteiger partial charge on any atom is -0.399 e. The molecule has 0 heterocycles. The zero-order chi connectivity index (χ0) is 12.4. The lowest BCUT2D eigenvalue weighted by molar-refractivity contribution is 0.600. The number of hydrogen-bond donors (Lipinski definition) is 2. The topological polar surface area (TPSA) is 52.0 Å². The van der Waals surface area contributed by atoms with Crippen molar-refractivity contribution in [2.45, 2.75) is 6.04 Å². The van der Waals surface area contributed by atoms with Crippen molar-refractivity contribution in [1.29, 1.82) is 0 Å². The number of halogens is 2. The molecule has 2 rings (SSSR count). The molecule has 0 spiro atoms. The molecular formula is C13H12ClFN2. The first kappa shape index (κ1) is 11.9. The third-order valence-corrected chi connectivity index (χ3v) is 2.82. The molecule has 0 aromatic heterocycles. The summed E-state index contributed by atoms with van der Waals surface area (Å²) < 4.78 is 13.6. The highest BCUT2D eigenvalue weighted by Gasteiger charge is 2.13. The van der Waals surface area contributed by atoms with Crippen molar-refractivity contribution in [3.63, 3.8) is 0 Å². The summed E-state index contributed by atoms with van der Waals surface area (Å²) >= 11 is 5.83. The smallest absolute Gasteiger partial charge is 0.128 e. The monoisotopic (exact) mass is 250 g/mol. The Labute approximate surface area is 104 Å². The van der Waals surface area contributed by atoms with Gasteiger partial charge in [0.05, 0.1) is 6.04 Å². The van der Waals surface area contributed by atoms with Crippen molar-refractivity contribution < 1.29 is 4.39 Å². The maximum Gasteiger partial charge on any atom is 0.128 e. The van der Waals surface area contributed by atoms with E-state index in [9.17, 15) is 4.39 Å². The van der Waals surface area contributed by atoms with Crippen LogP contribution in [0.3, 0.4) is 0 Å². The van der Waals surface area contributed by atoms with E-state index >= 15 is 0 Å². The van der Waals surface area contributed by atoms with Crippen LogP contribution in [0.15, 0.2) is 42.5 Å². The predicted molar refractivity (Wildman–Crippen MR) is 68.3 cm³/mol. The van der Waals surface area contributed by atoms with Gasteiger partial charge in [0.1, 0.15) is 5.82 Å². The Hall–Kier alpha value is -1.58. The molecule has 1 atom stereocenters. The summed E-state index contributed by atoms with van der Waals surface area (Å²) in [7, 11) is 0. The molecule has 0 aliphatic carbocycles. The van der Waals surface area contributed by atoms with Crippen LogP contribution < -0.4 is 11.5 Å². The minimum atomic E-state index is -0.547. The molecule has 0 radical (unpaired) electrons. The van der Waals surface area contributed by atoms with E-state index in [1.807, 2.05) is 0 Å². The molecule has 88 valence electrons. The zero-order valence-corrected chi connectivity index (χ0v) is 9.79.